The molecule has 25 nitrogen and oxygen atoms in total. The molecule has 9 atom stereocenters. The van der Waals surface area contributed by atoms with Gasteiger partial charge in [0.15, 0.2) is 0 Å². The SMILES string of the molecule is CCO[C@@H]1C[C@H]2C(=O)NC3(CCC3)C(=O)N(C)[C@@H](C3CCCCC3)C(=O)N(C)[C@H](C(=O)N3CCCC3)CC(=O)N(C)[C@@H](CC(C)C)C(=O)NC([C@@H](C)CC)C(=O)N(C)CC(=O)N(C)CC(=O)N(C)[C@@H](CC3CCCCC3)C(=O)N(C)CC(=O)N[C@@H](CCc3ccc(C(F)(F)F)c(Cl)c3)C(=O)N2C1. The number of fused-ring (bicyclic) bond motifs is 1. The summed E-state index contributed by atoms with van der Waals surface area (Å²) in [6, 6.07) is -5.81. The molecule has 12 amide bonds. The van der Waals surface area contributed by atoms with Gasteiger partial charge in [-0.3, -0.25) is 57.5 Å². The third-order valence-electron chi connectivity index (χ3n) is 22.3. The summed E-state index contributed by atoms with van der Waals surface area (Å²) in [5.41, 5.74) is -2.40. The number of likely N-dealkylation sites (tertiary alicyclic amines) is 1. The first-order chi connectivity index (χ1) is 48.1. The molecule has 1 aromatic carbocycles. The molecule has 0 bridgehead atoms. The number of ether oxygens (including phenoxy) is 1. The Kier molecular flexibility index (Phi) is 29.5. The van der Waals surface area contributed by atoms with Crippen LogP contribution in [0.25, 0.3) is 0 Å². The van der Waals surface area contributed by atoms with Crippen LogP contribution in [0.2, 0.25) is 5.02 Å². The van der Waals surface area contributed by atoms with Crippen molar-refractivity contribution in [2.75, 3.05) is 95.2 Å². The van der Waals surface area contributed by atoms with E-state index in [-0.39, 0.29) is 75.5 Å². The summed E-state index contributed by atoms with van der Waals surface area (Å²) >= 11 is 6.18. The van der Waals surface area contributed by atoms with Crippen LogP contribution in [0.5, 0.6) is 0 Å². The lowest BCUT2D eigenvalue weighted by atomic mass is 9.74. The number of aryl methyl sites for hydroxylation is 1. The van der Waals surface area contributed by atoms with Crippen molar-refractivity contribution in [2.45, 2.75) is 236 Å². The molecular weight excluding hydrogens is 1350 g/mol. The van der Waals surface area contributed by atoms with Gasteiger partial charge in [0.1, 0.15) is 47.8 Å². The fourth-order valence-electron chi connectivity index (χ4n) is 15.6. The van der Waals surface area contributed by atoms with Crippen LogP contribution in [0.4, 0.5) is 13.2 Å². The second-order valence-electron chi connectivity index (χ2n) is 30.1. The highest BCUT2D eigenvalue weighted by Gasteiger charge is 2.54. The van der Waals surface area contributed by atoms with E-state index in [1.54, 1.807) is 18.7 Å². The predicted molar refractivity (Wildman–Crippen MR) is 375 cm³/mol. The van der Waals surface area contributed by atoms with Crippen molar-refractivity contribution < 1.29 is 75.4 Å². The molecule has 0 aromatic heterocycles. The summed E-state index contributed by atoms with van der Waals surface area (Å²) in [6.45, 7) is 8.10. The van der Waals surface area contributed by atoms with Gasteiger partial charge in [0.05, 0.1) is 42.7 Å². The zero-order valence-electron chi connectivity index (χ0n) is 62.0. The molecule has 570 valence electrons. The molecule has 1 spiro atoms. The van der Waals surface area contributed by atoms with E-state index in [0.29, 0.717) is 51.6 Å². The fraction of sp³-hybridized carbons (Fsp3) is 0.753. The highest BCUT2D eigenvalue weighted by Crippen LogP contribution is 2.39. The minimum atomic E-state index is -4.77. The highest BCUT2D eigenvalue weighted by atomic mass is 35.5. The van der Waals surface area contributed by atoms with Crippen LogP contribution in [0.15, 0.2) is 18.2 Å². The number of hydrogen-bond acceptors (Lipinski definition) is 13. The molecule has 3 aliphatic heterocycles. The van der Waals surface area contributed by atoms with Crippen LogP contribution in [0.3, 0.4) is 0 Å². The van der Waals surface area contributed by atoms with Gasteiger partial charge in [-0.1, -0.05) is 103 Å². The molecule has 7 rings (SSSR count). The molecule has 6 aliphatic rings. The van der Waals surface area contributed by atoms with Crippen molar-refractivity contribution in [2.24, 2.45) is 23.7 Å². The molecule has 29 heteroatoms. The van der Waals surface area contributed by atoms with Crippen molar-refractivity contribution in [3.8, 4) is 0 Å². The molecule has 0 radical (unpaired) electrons. The van der Waals surface area contributed by atoms with Crippen LogP contribution in [0.1, 0.15) is 181 Å². The average Bonchev–Trinajstić information content (AvgIpc) is 1.07. The summed E-state index contributed by atoms with van der Waals surface area (Å²) in [5.74, 6) is -9.02. The summed E-state index contributed by atoms with van der Waals surface area (Å²) < 4.78 is 47.8. The van der Waals surface area contributed by atoms with Crippen molar-refractivity contribution in [3.05, 3.63) is 34.3 Å². The number of benzene rings is 1. The number of nitrogens with zero attached hydrogens (tertiary/aromatic N) is 9. The monoisotopic (exact) mass is 1460 g/mol. The van der Waals surface area contributed by atoms with Gasteiger partial charge in [-0.25, -0.2) is 0 Å². The van der Waals surface area contributed by atoms with Gasteiger partial charge < -0.3 is 64.8 Å². The van der Waals surface area contributed by atoms with Crippen molar-refractivity contribution >= 4 is 82.5 Å². The first-order valence-electron chi connectivity index (χ1n) is 36.9. The number of nitrogens with one attached hydrogen (secondary N) is 3. The Bertz CT molecular complexity index is 3180. The van der Waals surface area contributed by atoms with Gasteiger partial charge in [-0.2, -0.15) is 13.2 Å². The highest BCUT2D eigenvalue weighted by molar-refractivity contribution is 6.31. The van der Waals surface area contributed by atoms with Crippen LogP contribution >= 0.6 is 11.6 Å². The Morgan fingerprint density at radius 2 is 1.27 bits per heavy atom. The zero-order valence-corrected chi connectivity index (χ0v) is 62.8. The summed E-state index contributed by atoms with van der Waals surface area (Å²) in [5, 5.41) is 8.11. The zero-order chi connectivity index (χ0) is 75.2. The van der Waals surface area contributed by atoms with Crippen LogP contribution in [-0.2, 0) is 74.9 Å². The maximum atomic E-state index is 15.8. The molecule has 3 aliphatic carbocycles. The Morgan fingerprint density at radius 1 is 0.667 bits per heavy atom. The van der Waals surface area contributed by atoms with Crippen LogP contribution in [0, 0.1) is 23.7 Å². The second-order valence-corrected chi connectivity index (χ2v) is 30.5. The number of alkyl halides is 3. The predicted octanol–water partition coefficient (Wildman–Crippen LogP) is 5.66. The maximum absolute atomic E-state index is 15.8. The first kappa shape index (κ1) is 82.2. The Hall–Kier alpha value is -7.10. The number of carbonyl (C=O) groups is 12. The smallest absolute Gasteiger partial charge is 0.377 e. The molecule has 6 fully saturated rings. The third kappa shape index (κ3) is 20.4. The molecule has 102 heavy (non-hydrogen) atoms. The lowest BCUT2D eigenvalue weighted by molar-refractivity contribution is -0.158. The molecule has 3 saturated carbocycles. The minimum absolute atomic E-state index is 0.00731. The Labute approximate surface area is 604 Å². The second kappa shape index (κ2) is 36.6. The van der Waals surface area contributed by atoms with Gasteiger partial charge in [0, 0.05) is 82.0 Å². The number of likely N-dealkylation sites (N-methyl/N-ethyl adjacent to an activating group) is 7. The van der Waals surface area contributed by atoms with E-state index in [9.17, 15) is 46.7 Å². The molecule has 3 saturated heterocycles. The van der Waals surface area contributed by atoms with Gasteiger partial charge in [0.25, 0.3) is 0 Å². The van der Waals surface area contributed by atoms with Gasteiger partial charge in [0.2, 0.25) is 70.9 Å². The molecule has 1 aromatic rings. The Balaban J connectivity index is 1.30. The molecular formula is C73H112ClF3N12O13. The van der Waals surface area contributed by atoms with Crippen LogP contribution in [-0.4, -0.2) is 264 Å². The van der Waals surface area contributed by atoms with E-state index >= 15 is 24.0 Å². The normalized spacial score (nSPS) is 27.1. The fourth-order valence-corrected chi connectivity index (χ4v) is 15.9. The van der Waals surface area contributed by atoms with Gasteiger partial charge in [-0.05, 0) is 119 Å². The molecule has 3 N–H and O–H groups in total. The summed E-state index contributed by atoms with van der Waals surface area (Å²) in [4.78, 5) is 191. The maximum Gasteiger partial charge on any atom is 0.417 e. The van der Waals surface area contributed by atoms with Gasteiger partial charge >= 0.3 is 6.18 Å². The lowest BCUT2D eigenvalue weighted by Gasteiger charge is -2.47. The summed E-state index contributed by atoms with van der Waals surface area (Å²) in [6.07, 6.45) is 4.14. The topological polar surface area (TPSA) is 279 Å². The first-order valence-corrected chi connectivity index (χ1v) is 37.3. The number of amides is 12. The number of halogens is 4. The van der Waals surface area contributed by atoms with Crippen molar-refractivity contribution in [3.63, 3.8) is 0 Å². The molecule has 1 unspecified atom stereocenters. The van der Waals surface area contributed by atoms with Gasteiger partial charge in [-0.15, -0.1) is 0 Å². The number of rotatable bonds is 13. The van der Waals surface area contributed by atoms with E-state index in [4.69, 9.17) is 16.3 Å². The van der Waals surface area contributed by atoms with Crippen molar-refractivity contribution in [1.82, 2.24) is 60.0 Å². The largest absolute Gasteiger partial charge is 0.417 e. The Morgan fingerprint density at radius 3 is 1.85 bits per heavy atom. The number of hydrogen-bond donors (Lipinski definition) is 3. The average molecular weight is 1460 g/mol. The van der Waals surface area contributed by atoms with E-state index in [0.717, 1.165) is 78.2 Å². The summed E-state index contributed by atoms with van der Waals surface area (Å²) in [7, 11) is 9.95. The van der Waals surface area contributed by atoms with E-state index < -0.39 is 179 Å². The van der Waals surface area contributed by atoms with Crippen LogP contribution < -0.4 is 16.0 Å². The number of carbonyl (C=O) groups excluding carboxylic acids is 12. The standard InChI is InChI=1S/C73H112ClF3N12O13/c1-13-46(5)62-69(99)83(8)43-60(92)81(6)44-61(93)85(10)56(38-47-24-17-15-18-25-47)67(97)82(7)42-58(90)78-53(31-29-48-28-30-51(52(74)37-48)73(75,76)77)66(96)89-41-50(102-14-2)39-55(89)65(95)80-72(32-23-33-72)71(101)87(12)63(49-26-19-16-20-27-49)70(100)86(11)57(68(98)88-34-21-22-35-88)40-59(91)84(9)54(36-45(3)4)64(94)79-62/h28,30,37,45-47,49-50,53-57,62-63H,13-27,29,31-36,38-44H2,1-12H3,(H,78,90)(H,79,94)(H,80,95)/t46-,50+,53-,54-,55-,56-,57-,62?,63-/m0/s1. The quantitative estimate of drug-likeness (QED) is 0.215. The third-order valence-corrected chi connectivity index (χ3v) is 22.6. The molecule has 3 heterocycles. The van der Waals surface area contributed by atoms with Crippen molar-refractivity contribution in [1.29, 1.82) is 0 Å². The van der Waals surface area contributed by atoms with E-state index in [2.05, 4.69) is 16.0 Å². The minimum Gasteiger partial charge on any atom is -0.377 e. The van der Waals surface area contributed by atoms with E-state index in [1.165, 1.54) is 79.9 Å². The van der Waals surface area contributed by atoms with E-state index in [1.807, 2.05) is 20.8 Å². The lowest BCUT2D eigenvalue weighted by Crippen LogP contribution is -2.68.